The summed E-state index contributed by atoms with van der Waals surface area (Å²) >= 11 is 0. The second-order valence-corrected chi connectivity index (χ2v) is 33.2. The summed E-state index contributed by atoms with van der Waals surface area (Å²) in [6.07, 6.45) is 0. The largest absolute Gasteiger partial charge is 0.310 e. The average Bonchev–Trinajstić information content (AvgIpc) is 1.54. The van der Waals surface area contributed by atoms with Gasteiger partial charge in [-0.25, -0.2) is 19.8 Å². The molecule has 0 aliphatic carbocycles. The fourth-order valence-corrected chi connectivity index (χ4v) is 15.2. The minimum Gasteiger partial charge on any atom is -0.310 e. The summed E-state index contributed by atoms with van der Waals surface area (Å²) in [6.45, 7) is 40.1. The molecule has 8 heteroatoms. The SMILES string of the molecule is [C-]#[N+]c1cccc(-c2ccc(-n3c4ccc(C)cc4c4cc(N(c5ccccc5)c5ccccc5)ccc43)c(-c3cc(-c4nc(-c5cc(C(C)(C)C)cc(C(C)(C)C)c5)nc(-c5cc(C(C)(C)C)cc(C(C)(C)C)c5)n4)ccc3-n3c4ccc(C)cc4c4cc(N(c5ccccc5)c5ccccc5)ccc43)c2)c1. The number of benzene rings is 13. The Labute approximate surface area is 635 Å². The van der Waals surface area contributed by atoms with Gasteiger partial charge in [0.15, 0.2) is 23.2 Å². The lowest BCUT2D eigenvalue weighted by Gasteiger charge is -2.26. The van der Waals surface area contributed by atoms with E-state index in [1.165, 1.54) is 22.3 Å². The summed E-state index contributed by atoms with van der Waals surface area (Å²) in [6, 6.07) is 106. The van der Waals surface area contributed by atoms with Crippen molar-refractivity contribution >= 4 is 83.4 Å². The topological polar surface area (TPSA) is 59.4 Å². The maximum absolute atomic E-state index is 8.29. The first-order valence-electron chi connectivity index (χ1n) is 37.6. The number of para-hydroxylation sites is 4. The third-order valence-electron chi connectivity index (χ3n) is 21.2. The Balaban J connectivity index is 1.03. The molecule has 108 heavy (non-hydrogen) atoms. The van der Waals surface area contributed by atoms with Crippen LogP contribution >= 0.6 is 0 Å². The lowest BCUT2D eigenvalue weighted by Crippen LogP contribution is -2.17. The van der Waals surface area contributed by atoms with Gasteiger partial charge in [0.1, 0.15) is 0 Å². The molecule has 0 aliphatic rings. The number of nitrogens with zero attached hydrogens (tertiary/aromatic N) is 8. The molecule has 0 unspecified atom stereocenters. The lowest BCUT2D eigenvalue weighted by atomic mass is 9.79. The van der Waals surface area contributed by atoms with Gasteiger partial charge >= 0.3 is 0 Å². The van der Waals surface area contributed by atoms with Crippen molar-refractivity contribution in [3.05, 3.63) is 336 Å². The van der Waals surface area contributed by atoms with Crippen molar-refractivity contribution < 1.29 is 0 Å². The zero-order valence-corrected chi connectivity index (χ0v) is 64.3. The van der Waals surface area contributed by atoms with Crippen LogP contribution in [0.25, 0.3) is 116 Å². The molecule has 0 bridgehead atoms. The van der Waals surface area contributed by atoms with Crippen LogP contribution in [0.1, 0.15) is 116 Å². The Kier molecular flexibility index (Phi) is 17.6. The van der Waals surface area contributed by atoms with E-state index >= 15 is 0 Å². The smallest absolute Gasteiger partial charge is 0.187 e. The number of fused-ring (bicyclic) bond motifs is 6. The first-order valence-corrected chi connectivity index (χ1v) is 37.6. The zero-order chi connectivity index (χ0) is 75.1. The van der Waals surface area contributed by atoms with Crippen LogP contribution in [0.4, 0.5) is 39.8 Å². The molecule has 0 atom stereocenters. The number of hydrogen-bond donors (Lipinski definition) is 0. The molecule has 16 aromatic rings. The quantitative estimate of drug-likeness (QED) is 0.108. The van der Waals surface area contributed by atoms with Gasteiger partial charge < -0.3 is 18.9 Å². The second kappa shape index (κ2) is 27.2. The number of aromatic nitrogens is 5. The van der Waals surface area contributed by atoms with Crippen molar-refractivity contribution in [2.24, 2.45) is 0 Å². The Morgan fingerprint density at radius 3 is 0.963 bits per heavy atom. The predicted molar refractivity (Wildman–Crippen MR) is 456 cm³/mol. The second-order valence-electron chi connectivity index (χ2n) is 33.2. The van der Waals surface area contributed by atoms with Gasteiger partial charge in [0, 0.05) is 83.5 Å². The van der Waals surface area contributed by atoms with Crippen LogP contribution in [-0.2, 0) is 21.7 Å². The number of hydrogen-bond acceptors (Lipinski definition) is 5. The van der Waals surface area contributed by atoms with Crippen molar-refractivity contribution in [3.8, 4) is 67.8 Å². The van der Waals surface area contributed by atoms with Crippen LogP contribution < -0.4 is 9.80 Å². The van der Waals surface area contributed by atoms with E-state index < -0.39 is 0 Å². The Bertz CT molecular complexity index is 5950. The van der Waals surface area contributed by atoms with Crippen molar-refractivity contribution in [2.75, 3.05) is 9.80 Å². The van der Waals surface area contributed by atoms with E-state index in [-0.39, 0.29) is 21.7 Å². The molecule has 0 amide bonds. The third-order valence-corrected chi connectivity index (χ3v) is 21.2. The van der Waals surface area contributed by atoms with Crippen LogP contribution in [0.2, 0.25) is 0 Å². The molecular formula is C100H90N8. The van der Waals surface area contributed by atoms with Gasteiger partial charge in [-0.15, -0.1) is 0 Å². The maximum Gasteiger partial charge on any atom is 0.187 e. The van der Waals surface area contributed by atoms with Gasteiger partial charge in [-0.05, 0) is 239 Å². The monoisotopic (exact) mass is 1400 g/mol. The van der Waals surface area contributed by atoms with Crippen LogP contribution in [0.3, 0.4) is 0 Å². The normalized spacial score (nSPS) is 12.2. The van der Waals surface area contributed by atoms with Gasteiger partial charge in [-0.2, -0.15) is 0 Å². The highest BCUT2D eigenvalue weighted by molar-refractivity contribution is 6.14. The van der Waals surface area contributed by atoms with Crippen molar-refractivity contribution in [2.45, 2.75) is 119 Å². The molecule has 0 radical (unpaired) electrons. The zero-order valence-electron chi connectivity index (χ0n) is 64.3. The molecule has 0 spiro atoms. The highest BCUT2D eigenvalue weighted by Gasteiger charge is 2.29. The molecule has 13 aromatic carbocycles. The molecular weight excluding hydrogens is 1310 g/mol. The third kappa shape index (κ3) is 13.3. The summed E-state index contributed by atoms with van der Waals surface area (Å²) in [5.41, 5.74) is 26.0. The van der Waals surface area contributed by atoms with Crippen molar-refractivity contribution in [1.82, 2.24) is 24.1 Å². The van der Waals surface area contributed by atoms with E-state index in [0.29, 0.717) is 23.2 Å². The minimum absolute atomic E-state index is 0.177. The lowest BCUT2D eigenvalue weighted by molar-refractivity contribution is 0.568. The first-order chi connectivity index (χ1) is 51.8. The van der Waals surface area contributed by atoms with Crippen LogP contribution in [0.15, 0.2) is 291 Å². The van der Waals surface area contributed by atoms with Crippen LogP contribution in [0, 0.1) is 20.4 Å². The molecule has 3 aromatic heterocycles. The fourth-order valence-electron chi connectivity index (χ4n) is 15.2. The van der Waals surface area contributed by atoms with Crippen LogP contribution in [-0.4, -0.2) is 24.1 Å². The van der Waals surface area contributed by atoms with Crippen LogP contribution in [0.5, 0.6) is 0 Å². The number of rotatable bonds is 13. The molecule has 16 rings (SSSR count). The van der Waals surface area contributed by atoms with Crippen molar-refractivity contribution in [3.63, 3.8) is 0 Å². The minimum atomic E-state index is -0.177. The van der Waals surface area contributed by atoms with E-state index in [9.17, 15) is 0 Å². The van der Waals surface area contributed by atoms with E-state index in [0.717, 1.165) is 139 Å². The Morgan fingerprint density at radius 2 is 0.602 bits per heavy atom. The molecule has 0 N–H and O–H groups in total. The molecule has 0 aliphatic heterocycles. The van der Waals surface area contributed by atoms with Crippen molar-refractivity contribution in [1.29, 1.82) is 0 Å². The molecule has 0 saturated heterocycles. The standard InChI is InChI=1S/C100H90N8/c1-64-39-45-88-82(51-64)86-62-80(105(76-31-20-16-21-32-76)77-33-22-17-23-34-77)43-49-92(86)107(88)90-47-41-67(66-29-28-30-75(57-66)101-15)58-84(90)85-59-68(42-48-91(85)108-89-46-40-65(2)52-83(89)87-63-81(44-50-93(87)108)106(78-35-24-18-25-36-78)79-37-26-19-27-38-79)94-102-95(69-53-71(97(3,4)5)60-72(54-69)98(6,7)8)104-96(103-94)70-55-73(99(9,10)11)61-74(56-70)100(12,13)14/h16-63H,1-14H3. The van der Waals surface area contributed by atoms with Gasteiger partial charge in [0.25, 0.3) is 0 Å². The van der Waals surface area contributed by atoms with E-state index in [4.69, 9.17) is 21.5 Å². The number of aryl methyl sites for hydroxylation is 2. The van der Waals surface area contributed by atoms with E-state index in [1.807, 2.05) is 18.2 Å². The predicted octanol–water partition coefficient (Wildman–Crippen LogP) is 27.7. The maximum atomic E-state index is 8.29. The molecule has 0 fully saturated rings. The highest BCUT2D eigenvalue weighted by atomic mass is 15.2. The summed E-state index contributed by atoms with van der Waals surface area (Å²) in [5.74, 6) is 1.75. The highest BCUT2D eigenvalue weighted by Crippen LogP contribution is 2.48. The number of anilines is 6. The molecule has 0 saturated carbocycles. The molecule has 8 nitrogen and oxygen atoms in total. The Hall–Kier alpha value is -12.4. The van der Waals surface area contributed by atoms with Gasteiger partial charge in [0.05, 0.1) is 40.0 Å². The molecule has 3 heterocycles. The van der Waals surface area contributed by atoms with E-state index in [1.54, 1.807) is 0 Å². The summed E-state index contributed by atoms with van der Waals surface area (Å²) in [5, 5.41) is 4.50. The Morgan fingerprint density at radius 1 is 0.278 bits per heavy atom. The molecule has 530 valence electrons. The van der Waals surface area contributed by atoms with Gasteiger partial charge in [-0.1, -0.05) is 216 Å². The fraction of sp³-hybridized carbons (Fsp3) is 0.180. The summed E-state index contributed by atoms with van der Waals surface area (Å²) in [4.78, 5) is 25.8. The summed E-state index contributed by atoms with van der Waals surface area (Å²) < 4.78 is 4.95. The van der Waals surface area contributed by atoms with Gasteiger partial charge in [0.2, 0.25) is 0 Å². The van der Waals surface area contributed by atoms with E-state index in [2.05, 4.69) is 394 Å². The van der Waals surface area contributed by atoms with Gasteiger partial charge in [-0.3, -0.25) is 0 Å². The first kappa shape index (κ1) is 69.9. The average molecular weight is 1400 g/mol. The summed E-state index contributed by atoms with van der Waals surface area (Å²) in [7, 11) is 0.